The second-order valence-corrected chi connectivity index (χ2v) is 10.3. The monoisotopic (exact) mass is 445 g/mol. The Morgan fingerprint density at radius 2 is 1.29 bits per heavy atom. The summed E-state index contributed by atoms with van der Waals surface area (Å²) < 4.78 is 12.8. The van der Waals surface area contributed by atoms with Crippen molar-refractivity contribution in [3.63, 3.8) is 0 Å². The molecule has 3 nitrogen and oxygen atoms in total. The van der Waals surface area contributed by atoms with Gasteiger partial charge in [0.05, 0.1) is 22.3 Å². The first-order valence-corrected chi connectivity index (χ1v) is 11.9. The van der Waals surface area contributed by atoms with Gasteiger partial charge < -0.3 is 9.31 Å². The number of fused-ring (bicyclic) bond motifs is 3. The molecule has 168 valence electrons. The molecule has 0 amide bonds. The van der Waals surface area contributed by atoms with E-state index in [9.17, 15) is 0 Å². The zero-order chi connectivity index (χ0) is 23.6. The lowest BCUT2D eigenvalue weighted by Crippen LogP contribution is -2.41. The largest absolute Gasteiger partial charge is 0.494 e. The molecule has 6 rings (SSSR count). The number of hydrogen-bond donors (Lipinski definition) is 0. The molecule has 1 atom stereocenters. The van der Waals surface area contributed by atoms with Gasteiger partial charge in [0.2, 0.25) is 0 Å². The quantitative estimate of drug-likeness (QED) is 0.332. The van der Waals surface area contributed by atoms with E-state index in [2.05, 4.69) is 113 Å². The van der Waals surface area contributed by atoms with E-state index in [1.165, 1.54) is 27.8 Å². The smallest absolute Gasteiger partial charge is 0.399 e. The molecule has 1 unspecified atom stereocenters. The predicted octanol–water partition coefficient (Wildman–Crippen LogP) is 5.74. The third kappa shape index (κ3) is 2.89. The number of pyridine rings is 1. The van der Waals surface area contributed by atoms with Crippen LogP contribution < -0.4 is 5.46 Å². The summed E-state index contributed by atoms with van der Waals surface area (Å²) >= 11 is 0. The van der Waals surface area contributed by atoms with Crippen molar-refractivity contribution in [1.82, 2.24) is 4.98 Å². The summed E-state index contributed by atoms with van der Waals surface area (Å²) in [6.07, 6.45) is 1.89. The molecule has 1 fully saturated rings. The van der Waals surface area contributed by atoms with Gasteiger partial charge in [-0.2, -0.15) is 0 Å². The van der Waals surface area contributed by atoms with Crippen LogP contribution >= 0.6 is 0 Å². The average Bonchev–Trinajstić information content (AvgIpc) is 3.27. The molecule has 4 heteroatoms. The normalized spacial score (nSPS) is 21.8. The Morgan fingerprint density at radius 3 is 2.00 bits per heavy atom. The van der Waals surface area contributed by atoms with Crippen LogP contribution in [0.1, 0.15) is 50.1 Å². The molecule has 1 saturated heterocycles. The lowest BCUT2D eigenvalue weighted by molar-refractivity contribution is 0.00578. The first-order valence-electron chi connectivity index (χ1n) is 11.9. The van der Waals surface area contributed by atoms with Gasteiger partial charge in [0.1, 0.15) is 0 Å². The van der Waals surface area contributed by atoms with E-state index in [0.717, 1.165) is 11.2 Å². The van der Waals surface area contributed by atoms with E-state index in [0.29, 0.717) is 0 Å². The fraction of sp³-hybridized carbons (Fsp3) is 0.233. The number of hydrogen-bond acceptors (Lipinski definition) is 3. The number of benzene rings is 3. The Labute approximate surface area is 201 Å². The van der Waals surface area contributed by atoms with Gasteiger partial charge in [-0.3, -0.25) is 4.98 Å². The van der Waals surface area contributed by atoms with Crippen molar-refractivity contribution < 1.29 is 9.31 Å². The van der Waals surface area contributed by atoms with Crippen molar-refractivity contribution in [3.05, 3.63) is 120 Å². The van der Waals surface area contributed by atoms with Gasteiger partial charge in [-0.05, 0) is 73.1 Å². The summed E-state index contributed by atoms with van der Waals surface area (Å²) in [5, 5.41) is 0. The summed E-state index contributed by atoms with van der Waals surface area (Å²) in [7, 11) is -0.399. The molecule has 1 aliphatic heterocycles. The number of rotatable bonds is 3. The van der Waals surface area contributed by atoms with E-state index in [1.807, 2.05) is 12.3 Å². The van der Waals surface area contributed by atoms with E-state index < -0.39 is 12.5 Å². The summed E-state index contributed by atoms with van der Waals surface area (Å²) in [5.41, 5.74) is 6.95. The van der Waals surface area contributed by atoms with Crippen molar-refractivity contribution >= 4 is 12.6 Å². The molecule has 0 N–H and O–H groups in total. The van der Waals surface area contributed by atoms with Crippen molar-refractivity contribution in [3.8, 4) is 11.1 Å². The highest BCUT2D eigenvalue weighted by atomic mass is 16.7. The number of nitrogens with zero attached hydrogens (tertiary/aromatic N) is 1. The summed E-state index contributed by atoms with van der Waals surface area (Å²) in [6, 6.07) is 32.3. The van der Waals surface area contributed by atoms with E-state index in [4.69, 9.17) is 14.3 Å². The van der Waals surface area contributed by atoms with Crippen molar-refractivity contribution in [2.24, 2.45) is 0 Å². The summed E-state index contributed by atoms with van der Waals surface area (Å²) in [6.45, 7) is 8.38. The summed E-state index contributed by atoms with van der Waals surface area (Å²) in [4.78, 5) is 4.90. The van der Waals surface area contributed by atoms with Crippen molar-refractivity contribution in [1.29, 1.82) is 0 Å². The third-order valence-corrected chi connectivity index (χ3v) is 7.85. The van der Waals surface area contributed by atoms with Crippen LogP contribution in [0.5, 0.6) is 0 Å². The van der Waals surface area contributed by atoms with Crippen LogP contribution in [-0.2, 0) is 14.7 Å². The lowest BCUT2D eigenvalue weighted by Gasteiger charge is -2.32. The van der Waals surface area contributed by atoms with Crippen LogP contribution in [0.4, 0.5) is 0 Å². The van der Waals surface area contributed by atoms with Crippen LogP contribution in [0.25, 0.3) is 11.1 Å². The van der Waals surface area contributed by atoms with E-state index in [-0.39, 0.29) is 11.2 Å². The van der Waals surface area contributed by atoms with Crippen LogP contribution in [0, 0.1) is 0 Å². The number of aromatic nitrogens is 1. The molecule has 1 aromatic heterocycles. The molecule has 0 bridgehead atoms. The van der Waals surface area contributed by atoms with Crippen LogP contribution in [-0.4, -0.2) is 23.3 Å². The minimum Gasteiger partial charge on any atom is -0.399 e. The first-order chi connectivity index (χ1) is 16.3. The van der Waals surface area contributed by atoms with Gasteiger partial charge in [-0.25, -0.2) is 0 Å². The highest BCUT2D eigenvalue weighted by molar-refractivity contribution is 6.62. The van der Waals surface area contributed by atoms with Gasteiger partial charge in [0, 0.05) is 6.20 Å². The fourth-order valence-electron chi connectivity index (χ4n) is 5.44. The second-order valence-electron chi connectivity index (χ2n) is 10.3. The van der Waals surface area contributed by atoms with Crippen molar-refractivity contribution in [2.45, 2.75) is 44.3 Å². The molecule has 0 radical (unpaired) electrons. The summed E-state index contributed by atoms with van der Waals surface area (Å²) in [5.74, 6) is 0. The van der Waals surface area contributed by atoms with Gasteiger partial charge in [0.25, 0.3) is 0 Å². The Hall–Kier alpha value is -3.21. The molecule has 4 aromatic rings. The van der Waals surface area contributed by atoms with Gasteiger partial charge in [-0.15, -0.1) is 0 Å². The molecular weight excluding hydrogens is 417 g/mol. The fourth-order valence-corrected chi connectivity index (χ4v) is 5.44. The molecule has 3 aromatic carbocycles. The SMILES string of the molecule is CC1(C)OB(c2ccc3c(c2)-c2ccccc2C3(c2ccccc2)c2ccccn2)OC1(C)C. The van der Waals surface area contributed by atoms with Crippen LogP contribution in [0.15, 0.2) is 97.2 Å². The third-order valence-electron chi connectivity index (χ3n) is 7.85. The average molecular weight is 445 g/mol. The van der Waals surface area contributed by atoms with Gasteiger partial charge >= 0.3 is 7.12 Å². The Morgan fingerprint density at radius 1 is 0.647 bits per heavy atom. The van der Waals surface area contributed by atoms with E-state index in [1.54, 1.807) is 0 Å². The Kier molecular flexibility index (Phi) is 4.64. The minimum absolute atomic E-state index is 0.379. The molecule has 0 saturated carbocycles. The minimum atomic E-state index is -0.483. The molecule has 0 spiro atoms. The van der Waals surface area contributed by atoms with Crippen molar-refractivity contribution in [2.75, 3.05) is 0 Å². The maximum Gasteiger partial charge on any atom is 0.494 e. The first kappa shape index (κ1) is 21.3. The zero-order valence-corrected chi connectivity index (χ0v) is 20.1. The van der Waals surface area contributed by atoms with Gasteiger partial charge in [-0.1, -0.05) is 78.9 Å². The Bertz CT molecular complexity index is 1310. The highest BCUT2D eigenvalue weighted by Crippen LogP contribution is 2.55. The maximum atomic E-state index is 6.38. The van der Waals surface area contributed by atoms with Crippen LogP contribution in [0.2, 0.25) is 0 Å². The van der Waals surface area contributed by atoms with Gasteiger partial charge in [0.15, 0.2) is 0 Å². The lowest BCUT2D eigenvalue weighted by atomic mass is 9.69. The second kappa shape index (κ2) is 7.40. The molecule has 2 heterocycles. The standard InChI is InChI=1S/C30H28BNO2/c1-28(2)29(3,4)34-31(33-28)22-17-18-26-24(20-22)23-14-8-9-15-25(23)30(26,21-12-6-5-7-13-21)27-16-10-11-19-32-27/h5-20H,1-4H3. The highest BCUT2D eigenvalue weighted by Gasteiger charge is 2.53. The molecule has 34 heavy (non-hydrogen) atoms. The Balaban J connectivity index is 1.61. The van der Waals surface area contributed by atoms with Crippen LogP contribution in [0.3, 0.4) is 0 Å². The maximum absolute atomic E-state index is 6.38. The zero-order valence-electron chi connectivity index (χ0n) is 20.1. The predicted molar refractivity (Wildman–Crippen MR) is 137 cm³/mol. The van der Waals surface area contributed by atoms with E-state index >= 15 is 0 Å². The molecule has 2 aliphatic rings. The topological polar surface area (TPSA) is 31.4 Å². The molecule has 1 aliphatic carbocycles. The molecular formula is C30H28BNO2.